The molecule has 76 valence electrons. The molecule has 1 rings (SSSR count). The highest BCUT2D eigenvalue weighted by Gasteiger charge is 2.29. The predicted molar refractivity (Wildman–Crippen MR) is 49.3 cm³/mol. The molecular weight excluding hydrogens is 184 g/mol. The molecule has 0 saturated carbocycles. The second-order valence-corrected chi connectivity index (χ2v) is 3.32. The van der Waals surface area contributed by atoms with E-state index in [-0.39, 0.29) is 13.0 Å². The second kappa shape index (κ2) is 4.04. The standard InChI is InChI=1S/C9H12N2O3/c1-6(2)3-4-11-8(13)5-7(12)10-9(11)14/h3H,4-5H2,1-2H3,(H,10,12,14). The zero-order chi connectivity index (χ0) is 10.7. The summed E-state index contributed by atoms with van der Waals surface area (Å²) < 4.78 is 0. The van der Waals surface area contributed by atoms with Crippen LogP contribution in [-0.2, 0) is 9.59 Å². The van der Waals surface area contributed by atoms with Crippen molar-refractivity contribution in [2.24, 2.45) is 0 Å². The Morgan fingerprint density at radius 3 is 2.57 bits per heavy atom. The number of imide groups is 2. The molecule has 4 amide bonds. The fourth-order valence-corrected chi connectivity index (χ4v) is 1.04. The smallest absolute Gasteiger partial charge is 0.277 e. The average molecular weight is 196 g/mol. The molecule has 5 heteroatoms. The lowest BCUT2D eigenvalue weighted by Gasteiger charge is -2.23. The van der Waals surface area contributed by atoms with Gasteiger partial charge in [0.05, 0.1) is 0 Å². The lowest BCUT2D eigenvalue weighted by molar-refractivity contribution is -0.135. The lowest BCUT2D eigenvalue weighted by Crippen LogP contribution is -2.52. The Morgan fingerprint density at radius 2 is 2.07 bits per heavy atom. The highest BCUT2D eigenvalue weighted by molar-refractivity contribution is 6.14. The molecule has 1 fully saturated rings. The number of allylic oxidation sites excluding steroid dienone is 1. The van der Waals surface area contributed by atoms with Crippen molar-refractivity contribution in [3.05, 3.63) is 11.6 Å². The Balaban J connectivity index is 2.68. The average Bonchev–Trinajstić information content (AvgIpc) is 2.01. The van der Waals surface area contributed by atoms with Gasteiger partial charge in [0.1, 0.15) is 6.42 Å². The summed E-state index contributed by atoms with van der Waals surface area (Å²) in [4.78, 5) is 34.2. The number of carbonyl (C=O) groups is 3. The van der Waals surface area contributed by atoms with Crippen molar-refractivity contribution in [3.8, 4) is 0 Å². The predicted octanol–water partition coefficient (Wildman–Crippen LogP) is 0.421. The summed E-state index contributed by atoms with van der Waals surface area (Å²) in [7, 11) is 0. The summed E-state index contributed by atoms with van der Waals surface area (Å²) in [5, 5.41) is 2.08. The van der Waals surface area contributed by atoms with Gasteiger partial charge < -0.3 is 0 Å². The number of urea groups is 1. The quantitative estimate of drug-likeness (QED) is 0.514. The minimum absolute atomic E-state index is 0.222. The number of hydrogen-bond acceptors (Lipinski definition) is 3. The molecule has 0 aliphatic carbocycles. The van der Waals surface area contributed by atoms with Crippen molar-refractivity contribution in [1.29, 1.82) is 0 Å². The molecule has 0 aromatic heterocycles. The maximum absolute atomic E-state index is 11.2. The number of barbiturate groups is 1. The van der Waals surface area contributed by atoms with Gasteiger partial charge in [0.25, 0.3) is 0 Å². The Hall–Kier alpha value is -1.65. The fraction of sp³-hybridized carbons (Fsp3) is 0.444. The van der Waals surface area contributed by atoms with Crippen molar-refractivity contribution < 1.29 is 14.4 Å². The van der Waals surface area contributed by atoms with Gasteiger partial charge in [0.15, 0.2) is 0 Å². The van der Waals surface area contributed by atoms with E-state index in [2.05, 4.69) is 5.32 Å². The molecule has 0 unspecified atom stereocenters. The fourth-order valence-electron chi connectivity index (χ4n) is 1.04. The van der Waals surface area contributed by atoms with Crippen LogP contribution >= 0.6 is 0 Å². The van der Waals surface area contributed by atoms with E-state index < -0.39 is 17.8 Å². The number of rotatable bonds is 2. The van der Waals surface area contributed by atoms with E-state index in [0.29, 0.717) is 0 Å². The van der Waals surface area contributed by atoms with E-state index >= 15 is 0 Å². The molecular formula is C9H12N2O3. The normalized spacial score (nSPS) is 16.7. The van der Waals surface area contributed by atoms with Crippen LogP contribution in [0.15, 0.2) is 11.6 Å². The molecule has 0 atom stereocenters. The van der Waals surface area contributed by atoms with Crippen LogP contribution in [0.5, 0.6) is 0 Å². The molecule has 0 spiro atoms. The molecule has 1 heterocycles. The van der Waals surface area contributed by atoms with Gasteiger partial charge in [0.2, 0.25) is 11.8 Å². The van der Waals surface area contributed by atoms with Crippen LogP contribution in [0.25, 0.3) is 0 Å². The number of hydrogen-bond donors (Lipinski definition) is 1. The summed E-state index contributed by atoms with van der Waals surface area (Å²) in [6.45, 7) is 3.97. The van der Waals surface area contributed by atoms with Gasteiger partial charge in [-0.1, -0.05) is 11.6 Å². The summed E-state index contributed by atoms with van der Waals surface area (Å²) in [5.41, 5.74) is 1.02. The van der Waals surface area contributed by atoms with E-state index in [4.69, 9.17) is 0 Å². The Kier molecular flexibility index (Phi) is 3.01. The number of amides is 4. The zero-order valence-corrected chi connectivity index (χ0v) is 8.16. The van der Waals surface area contributed by atoms with Gasteiger partial charge >= 0.3 is 6.03 Å². The first kappa shape index (κ1) is 10.4. The molecule has 0 aromatic rings. The van der Waals surface area contributed by atoms with Gasteiger partial charge in [-0.15, -0.1) is 0 Å². The Morgan fingerprint density at radius 1 is 1.43 bits per heavy atom. The van der Waals surface area contributed by atoms with Crippen molar-refractivity contribution in [2.75, 3.05) is 6.54 Å². The van der Waals surface area contributed by atoms with E-state index in [1.165, 1.54) is 0 Å². The third kappa shape index (κ3) is 2.42. The molecule has 0 bridgehead atoms. The summed E-state index contributed by atoms with van der Waals surface area (Å²) in [6, 6.07) is -0.635. The van der Waals surface area contributed by atoms with Crippen LogP contribution < -0.4 is 5.32 Å². The van der Waals surface area contributed by atoms with E-state index in [0.717, 1.165) is 10.5 Å². The first-order chi connectivity index (χ1) is 6.50. The Labute approximate surface area is 81.8 Å². The molecule has 1 saturated heterocycles. The minimum atomic E-state index is -0.635. The molecule has 1 aliphatic heterocycles. The van der Waals surface area contributed by atoms with Crippen molar-refractivity contribution in [2.45, 2.75) is 20.3 Å². The Bertz CT molecular complexity index is 296. The van der Waals surface area contributed by atoms with Crippen molar-refractivity contribution in [3.63, 3.8) is 0 Å². The number of nitrogens with zero attached hydrogens (tertiary/aromatic N) is 1. The topological polar surface area (TPSA) is 66.5 Å². The van der Waals surface area contributed by atoms with Crippen LogP contribution in [0.1, 0.15) is 20.3 Å². The van der Waals surface area contributed by atoms with Crippen LogP contribution in [0.4, 0.5) is 4.79 Å². The highest BCUT2D eigenvalue weighted by atomic mass is 16.2. The van der Waals surface area contributed by atoms with Crippen molar-refractivity contribution >= 4 is 17.8 Å². The molecule has 1 aliphatic rings. The molecule has 0 radical (unpaired) electrons. The van der Waals surface area contributed by atoms with Gasteiger partial charge in [-0.2, -0.15) is 0 Å². The molecule has 0 aromatic carbocycles. The third-order valence-electron chi connectivity index (χ3n) is 1.79. The van der Waals surface area contributed by atoms with Gasteiger partial charge in [-0.3, -0.25) is 19.8 Å². The van der Waals surface area contributed by atoms with Crippen LogP contribution in [0.2, 0.25) is 0 Å². The van der Waals surface area contributed by atoms with Gasteiger partial charge in [0, 0.05) is 6.54 Å². The number of carbonyl (C=O) groups excluding carboxylic acids is 3. The second-order valence-electron chi connectivity index (χ2n) is 3.32. The minimum Gasteiger partial charge on any atom is -0.277 e. The molecule has 5 nitrogen and oxygen atoms in total. The first-order valence-electron chi connectivity index (χ1n) is 4.28. The largest absolute Gasteiger partial charge is 0.331 e. The molecule has 1 N–H and O–H groups in total. The van der Waals surface area contributed by atoms with Gasteiger partial charge in [-0.05, 0) is 13.8 Å². The SMILES string of the molecule is CC(C)=CCN1C(=O)CC(=O)NC1=O. The maximum Gasteiger partial charge on any atom is 0.331 e. The monoisotopic (exact) mass is 196 g/mol. The summed E-state index contributed by atoms with van der Waals surface area (Å²) in [6.07, 6.45) is 1.51. The lowest BCUT2D eigenvalue weighted by atomic mass is 10.2. The highest BCUT2D eigenvalue weighted by Crippen LogP contribution is 2.03. The van der Waals surface area contributed by atoms with Crippen LogP contribution in [-0.4, -0.2) is 29.3 Å². The van der Waals surface area contributed by atoms with Crippen LogP contribution in [0.3, 0.4) is 0 Å². The third-order valence-corrected chi connectivity index (χ3v) is 1.79. The van der Waals surface area contributed by atoms with E-state index in [9.17, 15) is 14.4 Å². The zero-order valence-electron chi connectivity index (χ0n) is 8.16. The van der Waals surface area contributed by atoms with E-state index in [1.807, 2.05) is 13.8 Å². The number of nitrogens with one attached hydrogen (secondary N) is 1. The van der Waals surface area contributed by atoms with E-state index in [1.54, 1.807) is 6.08 Å². The maximum atomic E-state index is 11.2. The summed E-state index contributed by atoms with van der Waals surface area (Å²) in [5.74, 6) is -0.982. The van der Waals surface area contributed by atoms with Crippen molar-refractivity contribution in [1.82, 2.24) is 10.2 Å². The molecule has 14 heavy (non-hydrogen) atoms. The van der Waals surface area contributed by atoms with Crippen LogP contribution in [0, 0.1) is 0 Å². The van der Waals surface area contributed by atoms with Gasteiger partial charge in [-0.25, -0.2) is 4.79 Å². The first-order valence-corrected chi connectivity index (χ1v) is 4.28. The summed E-state index contributed by atoms with van der Waals surface area (Å²) >= 11 is 0.